The zero-order valence-electron chi connectivity index (χ0n) is 11.8. The molecule has 2 aromatic rings. The van der Waals surface area contributed by atoms with Crippen LogP contribution in [0.2, 0.25) is 0 Å². The van der Waals surface area contributed by atoms with E-state index in [4.69, 9.17) is 9.47 Å². The third kappa shape index (κ3) is 3.28. The summed E-state index contributed by atoms with van der Waals surface area (Å²) in [5, 5.41) is 5.66. The Morgan fingerprint density at radius 3 is 2.82 bits per heavy atom. The van der Waals surface area contributed by atoms with Gasteiger partial charge in [0.2, 0.25) is 12.7 Å². The summed E-state index contributed by atoms with van der Waals surface area (Å²) in [7, 11) is 0. The second-order valence-corrected chi connectivity index (χ2v) is 4.77. The molecule has 0 radical (unpaired) electrons. The zero-order valence-corrected chi connectivity index (χ0v) is 11.8. The van der Waals surface area contributed by atoms with Crippen LogP contribution in [0.25, 0.3) is 0 Å². The molecule has 3 rings (SSSR count). The number of halogens is 1. The van der Waals surface area contributed by atoms with Gasteiger partial charge in [0.05, 0.1) is 5.69 Å². The fourth-order valence-electron chi connectivity index (χ4n) is 2.11. The third-order valence-electron chi connectivity index (χ3n) is 3.20. The minimum atomic E-state index is -0.335. The van der Waals surface area contributed by atoms with Crippen LogP contribution in [0.1, 0.15) is 6.42 Å². The maximum absolute atomic E-state index is 13.4. The number of rotatable bonds is 5. The minimum absolute atomic E-state index is 0.164. The van der Waals surface area contributed by atoms with Gasteiger partial charge in [0.15, 0.2) is 11.5 Å². The molecule has 0 atom stereocenters. The van der Waals surface area contributed by atoms with Gasteiger partial charge in [0.1, 0.15) is 5.82 Å². The predicted molar refractivity (Wildman–Crippen MR) is 80.7 cm³/mol. The van der Waals surface area contributed by atoms with Gasteiger partial charge < -0.3 is 20.1 Å². The van der Waals surface area contributed by atoms with Gasteiger partial charge >= 0.3 is 0 Å². The first-order valence-electron chi connectivity index (χ1n) is 6.90. The molecule has 0 unspecified atom stereocenters. The lowest BCUT2D eigenvalue weighted by molar-refractivity contribution is -0.115. The Hall–Kier alpha value is -2.76. The van der Waals surface area contributed by atoms with Gasteiger partial charge in [-0.25, -0.2) is 4.39 Å². The van der Waals surface area contributed by atoms with Crippen molar-refractivity contribution in [2.24, 2.45) is 0 Å². The van der Waals surface area contributed by atoms with Crippen LogP contribution in [0, 0.1) is 5.82 Å². The topological polar surface area (TPSA) is 59.6 Å². The molecule has 0 saturated carbocycles. The number of fused-ring (bicyclic) bond motifs is 1. The lowest BCUT2D eigenvalue weighted by Gasteiger charge is -2.08. The largest absolute Gasteiger partial charge is 0.454 e. The molecule has 0 aromatic heterocycles. The number of amides is 1. The van der Waals surface area contributed by atoms with Crippen LogP contribution in [0.4, 0.5) is 15.8 Å². The van der Waals surface area contributed by atoms with E-state index in [2.05, 4.69) is 10.6 Å². The number of anilines is 2. The highest BCUT2D eigenvalue weighted by Gasteiger charge is 2.14. The molecule has 1 aliphatic heterocycles. The number of nitrogens with one attached hydrogen (secondary N) is 2. The number of carbonyl (C=O) groups excluding carboxylic acids is 1. The molecule has 1 heterocycles. The molecule has 1 aliphatic rings. The average molecular weight is 302 g/mol. The number of benzene rings is 2. The van der Waals surface area contributed by atoms with Crippen molar-refractivity contribution in [3.8, 4) is 11.5 Å². The first-order valence-corrected chi connectivity index (χ1v) is 6.90. The lowest BCUT2D eigenvalue weighted by atomic mass is 10.2. The van der Waals surface area contributed by atoms with E-state index in [1.165, 1.54) is 6.07 Å². The Kier molecular flexibility index (Phi) is 4.09. The van der Waals surface area contributed by atoms with Gasteiger partial charge in [-0.3, -0.25) is 4.79 Å². The summed E-state index contributed by atoms with van der Waals surface area (Å²) < 4.78 is 23.8. The van der Waals surface area contributed by atoms with Crippen molar-refractivity contribution < 1.29 is 18.7 Å². The first-order chi connectivity index (χ1) is 10.7. The van der Waals surface area contributed by atoms with Gasteiger partial charge in [0.25, 0.3) is 0 Å². The second-order valence-electron chi connectivity index (χ2n) is 4.77. The molecule has 1 amide bonds. The van der Waals surface area contributed by atoms with E-state index in [-0.39, 0.29) is 24.9 Å². The maximum atomic E-state index is 13.4. The van der Waals surface area contributed by atoms with E-state index in [1.807, 2.05) is 0 Å². The van der Waals surface area contributed by atoms with Gasteiger partial charge in [-0.05, 0) is 24.3 Å². The van der Waals surface area contributed by atoms with Crippen LogP contribution < -0.4 is 20.1 Å². The number of ether oxygens (including phenoxy) is 2. The van der Waals surface area contributed by atoms with Crippen LogP contribution in [0.3, 0.4) is 0 Å². The van der Waals surface area contributed by atoms with E-state index in [0.29, 0.717) is 29.4 Å². The molecule has 0 spiro atoms. The molecule has 0 saturated heterocycles. The van der Waals surface area contributed by atoms with Gasteiger partial charge in [-0.1, -0.05) is 12.1 Å². The smallest absolute Gasteiger partial charge is 0.231 e. The van der Waals surface area contributed by atoms with E-state index in [0.717, 1.165) is 0 Å². The van der Waals surface area contributed by atoms with Crippen LogP contribution in [0.5, 0.6) is 11.5 Å². The van der Waals surface area contributed by atoms with Crippen molar-refractivity contribution >= 4 is 17.3 Å². The zero-order chi connectivity index (χ0) is 15.4. The molecule has 6 heteroatoms. The lowest BCUT2D eigenvalue weighted by Crippen LogP contribution is -2.16. The maximum Gasteiger partial charge on any atom is 0.231 e. The Morgan fingerprint density at radius 2 is 1.95 bits per heavy atom. The van der Waals surface area contributed by atoms with Crippen LogP contribution >= 0.6 is 0 Å². The monoisotopic (exact) mass is 302 g/mol. The van der Waals surface area contributed by atoms with Crippen LogP contribution in [-0.4, -0.2) is 19.2 Å². The van der Waals surface area contributed by atoms with E-state index >= 15 is 0 Å². The molecule has 2 N–H and O–H groups in total. The fourth-order valence-corrected chi connectivity index (χ4v) is 2.11. The molecule has 0 fully saturated rings. The summed E-state index contributed by atoms with van der Waals surface area (Å²) in [6.45, 7) is 0.538. The summed E-state index contributed by atoms with van der Waals surface area (Å²) in [5.41, 5.74) is 1.03. The summed E-state index contributed by atoms with van der Waals surface area (Å²) in [6.07, 6.45) is 0.225. The van der Waals surface area contributed by atoms with Crippen molar-refractivity contribution in [3.05, 3.63) is 48.3 Å². The van der Waals surface area contributed by atoms with Crippen LogP contribution in [0.15, 0.2) is 42.5 Å². The number of hydrogen-bond acceptors (Lipinski definition) is 4. The summed E-state index contributed by atoms with van der Waals surface area (Å²) >= 11 is 0. The van der Waals surface area contributed by atoms with Crippen LogP contribution in [-0.2, 0) is 4.79 Å². The molecule has 5 nitrogen and oxygen atoms in total. The minimum Gasteiger partial charge on any atom is -0.454 e. The molecule has 114 valence electrons. The highest BCUT2D eigenvalue weighted by Crippen LogP contribution is 2.34. The van der Waals surface area contributed by atoms with E-state index in [9.17, 15) is 9.18 Å². The van der Waals surface area contributed by atoms with E-state index in [1.54, 1.807) is 36.4 Å². The van der Waals surface area contributed by atoms with Crippen molar-refractivity contribution in [1.29, 1.82) is 0 Å². The van der Waals surface area contributed by atoms with Gasteiger partial charge in [-0.15, -0.1) is 0 Å². The Labute approximate surface area is 127 Å². The highest BCUT2D eigenvalue weighted by atomic mass is 19.1. The number of hydrogen-bond donors (Lipinski definition) is 2. The number of carbonyl (C=O) groups is 1. The quantitative estimate of drug-likeness (QED) is 0.891. The summed E-state index contributed by atoms with van der Waals surface area (Å²) in [6, 6.07) is 11.6. The Bertz CT molecular complexity index is 691. The fraction of sp³-hybridized carbons (Fsp3) is 0.188. The second kappa shape index (κ2) is 6.34. The highest BCUT2D eigenvalue weighted by molar-refractivity contribution is 5.91. The first kappa shape index (κ1) is 14.2. The summed E-state index contributed by atoms with van der Waals surface area (Å²) in [4.78, 5) is 11.9. The third-order valence-corrected chi connectivity index (χ3v) is 3.20. The van der Waals surface area contributed by atoms with Crippen molar-refractivity contribution in [2.45, 2.75) is 6.42 Å². The standard InChI is InChI=1S/C16H15FN2O3/c17-12-3-1-2-4-13(12)18-8-7-16(20)19-11-5-6-14-15(9-11)22-10-21-14/h1-6,9,18H,7-8,10H2,(H,19,20). The molecule has 0 bridgehead atoms. The molecule has 0 aliphatic carbocycles. The average Bonchev–Trinajstić information content (AvgIpc) is 2.97. The Morgan fingerprint density at radius 1 is 1.14 bits per heavy atom. The van der Waals surface area contributed by atoms with Gasteiger partial charge in [0, 0.05) is 24.7 Å². The predicted octanol–water partition coefficient (Wildman–Crippen LogP) is 3.00. The summed E-state index contributed by atoms with van der Waals surface area (Å²) in [5.74, 6) is 0.780. The Balaban J connectivity index is 1.49. The molecule has 2 aromatic carbocycles. The van der Waals surface area contributed by atoms with Crippen molar-refractivity contribution in [1.82, 2.24) is 0 Å². The normalized spacial score (nSPS) is 12.0. The van der Waals surface area contributed by atoms with E-state index < -0.39 is 0 Å². The molecular weight excluding hydrogens is 287 g/mol. The van der Waals surface area contributed by atoms with Crippen molar-refractivity contribution in [3.63, 3.8) is 0 Å². The molecular formula is C16H15FN2O3. The van der Waals surface area contributed by atoms with Gasteiger partial charge in [-0.2, -0.15) is 0 Å². The SMILES string of the molecule is O=C(CCNc1ccccc1F)Nc1ccc2c(c1)OCO2. The molecule has 22 heavy (non-hydrogen) atoms. The van der Waals surface area contributed by atoms with Crippen molar-refractivity contribution in [2.75, 3.05) is 24.0 Å². The number of para-hydroxylation sites is 1.